The summed E-state index contributed by atoms with van der Waals surface area (Å²) in [5, 5.41) is 34.6. The van der Waals surface area contributed by atoms with Crippen molar-refractivity contribution in [1.29, 1.82) is 0 Å². The number of nitrogens with one attached hydrogen (secondary N) is 4. The van der Waals surface area contributed by atoms with E-state index in [4.69, 9.17) is 21.7 Å². The van der Waals surface area contributed by atoms with Gasteiger partial charge in [0, 0.05) is 23.5 Å². The monoisotopic (exact) mass is 548 g/mol. The number of nitrogens with two attached hydrogens (primary N) is 2. The molecule has 1 aromatic heterocycles. The number of hydrogen-bond acceptors (Lipinski definition) is 8. The van der Waals surface area contributed by atoms with E-state index in [1.54, 1.807) is 30.5 Å². The van der Waals surface area contributed by atoms with Crippen LogP contribution in [0, 0.1) is 0 Å². The molecule has 0 spiro atoms. The van der Waals surface area contributed by atoms with Crippen LogP contribution < -0.4 is 27.4 Å². The molecule has 0 saturated carbocycles. The van der Waals surface area contributed by atoms with Gasteiger partial charge in [0.15, 0.2) is 0 Å². The number of para-hydroxylation sites is 1. The Morgan fingerprint density at radius 1 is 0.769 bits per heavy atom. The second-order valence-electron chi connectivity index (χ2n) is 8.56. The van der Waals surface area contributed by atoms with Gasteiger partial charge in [0.1, 0.15) is 18.1 Å². The molecule has 0 aliphatic heterocycles. The van der Waals surface area contributed by atoms with Gasteiger partial charge in [-0.25, -0.2) is 4.79 Å². The number of carboxylic acid groups (broad SMARTS) is 3. The van der Waals surface area contributed by atoms with Gasteiger partial charge in [-0.1, -0.05) is 18.2 Å². The second-order valence-corrected chi connectivity index (χ2v) is 8.56. The molecule has 0 aliphatic rings. The molecule has 0 fully saturated rings. The fourth-order valence-electron chi connectivity index (χ4n) is 3.62. The maximum atomic E-state index is 12.9. The molecule has 2 rings (SSSR count). The summed E-state index contributed by atoms with van der Waals surface area (Å²) in [5.41, 5.74) is 11.9. The first-order valence-electron chi connectivity index (χ1n) is 11.4. The first-order valence-corrected chi connectivity index (χ1v) is 11.4. The summed E-state index contributed by atoms with van der Waals surface area (Å²) in [7, 11) is 0. The lowest BCUT2D eigenvalue weighted by Gasteiger charge is -2.24. The van der Waals surface area contributed by atoms with Crippen molar-refractivity contribution in [3.63, 3.8) is 0 Å². The normalized spacial score (nSPS) is 13.9. The Labute approximate surface area is 220 Å². The Hall–Kier alpha value is -4.99. The van der Waals surface area contributed by atoms with Gasteiger partial charge in [0.25, 0.3) is 0 Å². The average Bonchev–Trinajstić information content (AvgIpc) is 3.24. The van der Waals surface area contributed by atoms with Gasteiger partial charge in [-0.05, 0) is 11.6 Å². The van der Waals surface area contributed by atoms with Crippen LogP contribution in [0.1, 0.15) is 24.8 Å². The van der Waals surface area contributed by atoms with Crippen molar-refractivity contribution in [2.24, 2.45) is 11.5 Å². The summed E-state index contributed by atoms with van der Waals surface area (Å²) in [4.78, 5) is 86.3. The van der Waals surface area contributed by atoms with Crippen LogP contribution in [-0.2, 0) is 40.0 Å². The Kier molecular flexibility index (Phi) is 10.5. The number of primary amides is 1. The summed E-state index contributed by atoms with van der Waals surface area (Å²) in [6.07, 6.45) is -1.18. The Balaban J connectivity index is 2.19. The van der Waals surface area contributed by atoms with Crippen LogP contribution in [0.25, 0.3) is 10.9 Å². The smallest absolute Gasteiger partial charge is 0.326 e. The molecule has 11 N–H and O–H groups in total. The van der Waals surface area contributed by atoms with E-state index in [2.05, 4.69) is 15.6 Å². The first kappa shape index (κ1) is 30.2. The predicted octanol–water partition coefficient (Wildman–Crippen LogP) is -2.60. The number of carboxylic acids is 3. The molecule has 0 saturated heterocycles. The zero-order valence-electron chi connectivity index (χ0n) is 20.4. The van der Waals surface area contributed by atoms with Gasteiger partial charge < -0.3 is 47.7 Å². The van der Waals surface area contributed by atoms with Crippen LogP contribution in [0.4, 0.5) is 0 Å². The van der Waals surface area contributed by atoms with Crippen molar-refractivity contribution >= 4 is 52.4 Å². The number of hydrogen-bond donors (Lipinski definition) is 9. The minimum Gasteiger partial charge on any atom is -0.481 e. The van der Waals surface area contributed by atoms with Crippen molar-refractivity contribution in [2.45, 2.75) is 49.9 Å². The number of rotatable bonds is 15. The molecule has 16 nitrogen and oxygen atoms in total. The fourth-order valence-corrected chi connectivity index (χ4v) is 3.62. The largest absolute Gasteiger partial charge is 0.481 e. The summed E-state index contributed by atoms with van der Waals surface area (Å²) in [5.74, 6) is -8.93. The molecule has 4 atom stereocenters. The molecule has 39 heavy (non-hydrogen) atoms. The van der Waals surface area contributed by atoms with Gasteiger partial charge in [-0.2, -0.15) is 0 Å². The zero-order valence-corrected chi connectivity index (χ0v) is 20.4. The molecule has 4 amide bonds. The third kappa shape index (κ3) is 9.12. The maximum absolute atomic E-state index is 12.9. The zero-order chi connectivity index (χ0) is 29.3. The van der Waals surface area contributed by atoms with E-state index in [1.165, 1.54) is 0 Å². The summed E-state index contributed by atoms with van der Waals surface area (Å²) in [6.45, 7) is 0. The number of fused-ring (bicyclic) bond motifs is 1. The molecule has 0 aliphatic carbocycles. The van der Waals surface area contributed by atoms with Gasteiger partial charge in [0.2, 0.25) is 23.6 Å². The molecular formula is C23H28N6O10. The van der Waals surface area contributed by atoms with Crippen LogP contribution >= 0.6 is 0 Å². The quantitative estimate of drug-likeness (QED) is 0.111. The molecule has 210 valence electrons. The lowest BCUT2D eigenvalue weighted by molar-refractivity contribution is -0.143. The van der Waals surface area contributed by atoms with E-state index < -0.39 is 85.0 Å². The predicted molar refractivity (Wildman–Crippen MR) is 132 cm³/mol. The molecule has 0 radical (unpaired) electrons. The number of aromatic amines is 1. The molecule has 1 aromatic carbocycles. The number of carbonyl (C=O) groups is 7. The highest BCUT2D eigenvalue weighted by Crippen LogP contribution is 2.19. The van der Waals surface area contributed by atoms with Crippen LogP contribution in [0.15, 0.2) is 30.5 Å². The maximum Gasteiger partial charge on any atom is 0.326 e. The third-order valence-corrected chi connectivity index (χ3v) is 5.49. The molecular weight excluding hydrogens is 520 g/mol. The first-order chi connectivity index (χ1) is 18.3. The number of aromatic nitrogens is 1. The molecule has 4 unspecified atom stereocenters. The van der Waals surface area contributed by atoms with Gasteiger partial charge in [-0.3, -0.25) is 28.8 Å². The number of amides is 4. The van der Waals surface area contributed by atoms with Gasteiger partial charge in [-0.15, -0.1) is 0 Å². The Morgan fingerprint density at radius 2 is 1.31 bits per heavy atom. The van der Waals surface area contributed by atoms with Crippen LogP contribution in [0.2, 0.25) is 0 Å². The third-order valence-electron chi connectivity index (χ3n) is 5.49. The molecule has 2 aromatic rings. The van der Waals surface area contributed by atoms with Gasteiger partial charge >= 0.3 is 17.9 Å². The minimum atomic E-state index is -1.82. The van der Waals surface area contributed by atoms with Crippen molar-refractivity contribution < 1.29 is 48.9 Å². The number of carbonyl (C=O) groups excluding carboxylic acids is 4. The van der Waals surface area contributed by atoms with Gasteiger partial charge in [0.05, 0.1) is 25.3 Å². The molecule has 1 heterocycles. The van der Waals surface area contributed by atoms with E-state index in [9.17, 15) is 38.7 Å². The van der Waals surface area contributed by atoms with E-state index in [0.29, 0.717) is 10.9 Å². The molecule has 0 bridgehead atoms. The SMILES string of the molecule is NC(=O)CC(NC(=O)C(CC(=O)O)NC(=O)C(N)CC(=O)O)C(=O)NC(Cc1c[nH]c2ccccc12)C(=O)O. The van der Waals surface area contributed by atoms with Crippen molar-refractivity contribution in [2.75, 3.05) is 0 Å². The van der Waals surface area contributed by atoms with Crippen molar-refractivity contribution in [3.8, 4) is 0 Å². The van der Waals surface area contributed by atoms with Crippen molar-refractivity contribution in [1.82, 2.24) is 20.9 Å². The van der Waals surface area contributed by atoms with Crippen LogP contribution in [0.3, 0.4) is 0 Å². The number of benzene rings is 1. The number of aliphatic carboxylic acids is 3. The van der Waals surface area contributed by atoms with E-state index >= 15 is 0 Å². The highest BCUT2D eigenvalue weighted by Gasteiger charge is 2.32. The van der Waals surface area contributed by atoms with Crippen LogP contribution in [-0.4, -0.2) is 86.0 Å². The second kappa shape index (κ2) is 13.5. The van der Waals surface area contributed by atoms with E-state index in [1.807, 2.05) is 5.32 Å². The lowest BCUT2D eigenvalue weighted by atomic mass is 10.0. The fraction of sp³-hybridized carbons (Fsp3) is 0.348. The highest BCUT2D eigenvalue weighted by atomic mass is 16.4. The lowest BCUT2D eigenvalue weighted by Crippen LogP contribution is -2.58. The summed E-state index contributed by atoms with van der Waals surface area (Å²) < 4.78 is 0. The van der Waals surface area contributed by atoms with E-state index in [0.717, 1.165) is 5.52 Å². The number of H-pyrrole nitrogens is 1. The van der Waals surface area contributed by atoms with Crippen LogP contribution in [0.5, 0.6) is 0 Å². The Morgan fingerprint density at radius 3 is 1.87 bits per heavy atom. The van der Waals surface area contributed by atoms with Crippen molar-refractivity contribution in [3.05, 3.63) is 36.0 Å². The highest BCUT2D eigenvalue weighted by molar-refractivity contribution is 5.97. The summed E-state index contributed by atoms with van der Waals surface area (Å²) >= 11 is 0. The Bertz CT molecular complexity index is 1280. The standard InChI is InChI=1S/C23H28N6O10/c24-12(6-18(31)32)20(35)27-15(8-19(33)34)22(37)28-14(7-17(25)30)21(36)29-16(23(38)39)5-10-9-26-13-4-2-1-3-11(10)13/h1-4,9,12,14-16,26H,5-8,24H2,(H2,25,30)(H,27,35)(H,28,37)(H,29,36)(H,31,32)(H,33,34)(H,38,39). The topological polar surface area (TPSA) is 284 Å². The summed E-state index contributed by atoms with van der Waals surface area (Å²) in [6, 6.07) is 0.373. The average molecular weight is 549 g/mol. The minimum absolute atomic E-state index is 0.165. The molecule has 16 heteroatoms. The van der Waals surface area contributed by atoms with E-state index in [-0.39, 0.29) is 6.42 Å².